The SMILES string of the molecule is CC(C)C1(C)CNC12CC2. The van der Waals surface area contributed by atoms with Crippen LogP contribution in [-0.4, -0.2) is 12.1 Å². The fourth-order valence-electron chi connectivity index (χ4n) is 2.25. The van der Waals surface area contributed by atoms with E-state index in [2.05, 4.69) is 26.1 Å². The van der Waals surface area contributed by atoms with E-state index in [4.69, 9.17) is 0 Å². The fourth-order valence-corrected chi connectivity index (χ4v) is 2.25. The molecule has 2 fully saturated rings. The first kappa shape index (κ1) is 6.66. The molecule has 10 heavy (non-hydrogen) atoms. The summed E-state index contributed by atoms with van der Waals surface area (Å²) in [5.74, 6) is 0.844. The summed E-state index contributed by atoms with van der Waals surface area (Å²) in [6.07, 6.45) is 2.84. The molecule has 0 aromatic rings. The molecule has 1 heteroatoms. The molecule has 2 rings (SSSR count). The highest BCUT2D eigenvalue weighted by Gasteiger charge is 2.64. The molecule has 1 N–H and O–H groups in total. The summed E-state index contributed by atoms with van der Waals surface area (Å²) in [6, 6.07) is 0. The van der Waals surface area contributed by atoms with Crippen molar-refractivity contribution in [1.82, 2.24) is 5.32 Å². The topological polar surface area (TPSA) is 12.0 Å². The molecule has 0 amide bonds. The maximum Gasteiger partial charge on any atom is 0.0251 e. The van der Waals surface area contributed by atoms with Gasteiger partial charge in [0.15, 0.2) is 0 Å². The fraction of sp³-hybridized carbons (Fsp3) is 1.00. The Labute approximate surface area is 63.2 Å². The summed E-state index contributed by atoms with van der Waals surface area (Å²) in [4.78, 5) is 0. The number of hydrogen-bond donors (Lipinski definition) is 1. The quantitative estimate of drug-likeness (QED) is 0.584. The first-order valence-corrected chi connectivity index (χ1v) is 4.36. The lowest BCUT2D eigenvalue weighted by atomic mass is 9.65. The molecule has 1 nitrogen and oxygen atoms in total. The Morgan fingerprint density at radius 2 is 1.90 bits per heavy atom. The van der Waals surface area contributed by atoms with Crippen molar-refractivity contribution in [3.63, 3.8) is 0 Å². The highest BCUT2D eigenvalue weighted by molar-refractivity contribution is 5.21. The minimum atomic E-state index is 0.598. The van der Waals surface area contributed by atoms with E-state index >= 15 is 0 Å². The lowest BCUT2D eigenvalue weighted by molar-refractivity contribution is 0.0302. The second-order valence-electron chi connectivity index (χ2n) is 4.51. The number of rotatable bonds is 1. The molecule has 1 heterocycles. The van der Waals surface area contributed by atoms with E-state index < -0.39 is 0 Å². The van der Waals surface area contributed by atoms with E-state index in [1.807, 2.05) is 0 Å². The van der Waals surface area contributed by atoms with E-state index in [0.29, 0.717) is 11.0 Å². The molecule has 1 aliphatic carbocycles. The lowest BCUT2D eigenvalue weighted by Gasteiger charge is -2.52. The van der Waals surface area contributed by atoms with Gasteiger partial charge in [-0.1, -0.05) is 20.8 Å². The predicted octanol–water partition coefficient (Wildman–Crippen LogP) is 1.78. The monoisotopic (exact) mass is 139 g/mol. The van der Waals surface area contributed by atoms with Gasteiger partial charge in [0.05, 0.1) is 0 Å². The largest absolute Gasteiger partial charge is 0.310 e. The maximum absolute atomic E-state index is 3.57. The van der Waals surface area contributed by atoms with Crippen LogP contribution in [0.2, 0.25) is 0 Å². The zero-order valence-electron chi connectivity index (χ0n) is 7.20. The van der Waals surface area contributed by atoms with Gasteiger partial charge in [-0.3, -0.25) is 0 Å². The maximum atomic E-state index is 3.57. The third-order valence-electron chi connectivity index (χ3n) is 3.91. The minimum Gasteiger partial charge on any atom is -0.310 e. The standard InChI is InChI=1S/C9H17N/c1-7(2)8(3)6-10-9(8)4-5-9/h7,10H,4-6H2,1-3H3. The zero-order valence-corrected chi connectivity index (χ0v) is 7.20. The van der Waals surface area contributed by atoms with Crippen molar-refractivity contribution >= 4 is 0 Å². The highest BCUT2D eigenvalue weighted by Crippen LogP contribution is 2.58. The van der Waals surface area contributed by atoms with Crippen LogP contribution in [0.1, 0.15) is 33.6 Å². The van der Waals surface area contributed by atoms with Crippen molar-refractivity contribution in [2.45, 2.75) is 39.2 Å². The van der Waals surface area contributed by atoms with Gasteiger partial charge in [-0.15, -0.1) is 0 Å². The Balaban J connectivity index is 2.15. The van der Waals surface area contributed by atoms with Crippen LogP contribution < -0.4 is 5.32 Å². The molecule has 1 saturated heterocycles. The van der Waals surface area contributed by atoms with E-state index in [1.54, 1.807) is 0 Å². The molecule has 1 atom stereocenters. The van der Waals surface area contributed by atoms with E-state index in [-0.39, 0.29) is 0 Å². The summed E-state index contributed by atoms with van der Waals surface area (Å²) in [6.45, 7) is 8.37. The molecule has 1 saturated carbocycles. The van der Waals surface area contributed by atoms with Gasteiger partial charge in [-0.05, 0) is 18.8 Å². The Hall–Kier alpha value is -0.0400. The van der Waals surface area contributed by atoms with Crippen LogP contribution in [0.3, 0.4) is 0 Å². The third-order valence-corrected chi connectivity index (χ3v) is 3.91. The van der Waals surface area contributed by atoms with Gasteiger partial charge in [0.2, 0.25) is 0 Å². The molecule has 0 aromatic carbocycles. The molecule has 2 aliphatic rings. The number of nitrogens with one attached hydrogen (secondary N) is 1. The van der Waals surface area contributed by atoms with Crippen LogP contribution in [0.4, 0.5) is 0 Å². The van der Waals surface area contributed by atoms with Crippen LogP contribution >= 0.6 is 0 Å². The molecule has 1 spiro atoms. The van der Waals surface area contributed by atoms with Gasteiger partial charge in [0, 0.05) is 17.5 Å². The van der Waals surface area contributed by atoms with Gasteiger partial charge < -0.3 is 5.32 Å². The van der Waals surface area contributed by atoms with Crippen LogP contribution in [-0.2, 0) is 0 Å². The molecule has 1 unspecified atom stereocenters. The normalized spacial score (nSPS) is 42.0. The summed E-state index contributed by atoms with van der Waals surface area (Å²) in [5, 5.41) is 3.57. The van der Waals surface area contributed by atoms with Crippen molar-refractivity contribution in [2.75, 3.05) is 6.54 Å². The van der Waals surface area contributed by atoms with Gasteiger partial charge >= 0.3 is 0 Å². The number of hydrogen-bond acceptors (Lipinski definition) is 1. The zero-order chi connectivity index (χ0) is 7.41. The highest BCUT2D eigenvalue weighted by atomic mass is 15.1. The summed E-state index contributed by atoms with van der Waals surface area (Å²) < 4.78 is 0. The minimum absolute atomic E-state index is 0.598. The van der Waals surface area contributed by atoms with Crippen LogP contribution in [0.15, 0.2) is 0 Å². The van der Waals surface area contributed by atoms with Crippen LogP contribution in [0.25, 0.3) is 0 Å². The molecule has 1 aliphatic heterocycles. The second kappa shape index (κ2) is 1.58. The molecule has 0 aromatic heterocycles. The Morgan fingerprint density at radius 3 is 2.00 bits per heavy atom. The van der Waals surface area contributed by atoms with Gasteiger partial charge in [0.25, 0.3) is 0 Å². The molecule has 58 valence electrons. The molecule has 0 bridgehead atoms. The smallest absolute Gasteiger partial charge is 0.0251 e. The lowest BCUT2D eigenvalue weighted by Crippen LogP contribution is -2.65. The molecular formula is C9H17N. The van der Waals surface area contributed by atoms with Gasteiger partial charge in [-0.25, -0.2) is 0 Å². The molecular weight excluding hydrogens is 122 g/mol. The summed E-state index contributed by atoms with van der Waals surface area (Å²) >= 11 is 0. The first-order chi connectivity index (χ1) is 4.61. The van der Waals surface area contributed by atoms with E-state index in [1.165, 1.54) is 19.4 Å². The Bertz CT molecular complexity index is 158. The van der Waals surface area contributed by atoms with Crippen LogP contribution in [0.5, 0.6) is 0 Å². The van der Waals surface area contributed by atoms with Gasteiger partial charge in [0.1, 0.15) is 0 Å². The van der Waals surface area contributed by atoms with Crippen molar-refractivity contribution in [3.05, 3.63) is 0 Å². The average molecular weight is 139 g/mol. The Morgan fingerprint density at radius 1 is 1.30 bits per heavy atom. The van der Waals surface area contributed by atoms with Crippen molar-refractivity contribution in [3.8, 4) is 0 Å². The Kier molecular flexibility index (Phi) is 1.05. The predicted molar refractivity (Wildman–Crippen MR) is 42.9 cm³/mol. The van der Waals surface area contributed by atoms with E-state index in [9.17, 15) is 0 Å². The average Bonchev–Trinajstić information content (AvgIpc) is 2.63. The van der Waals surface area contributed by atoms with Crippen molar-refractivity contribution < 1.29 is 0 Å². The second-order valence-corrected chi connectivity index (χ2v) is 4.51. The summed E-state index contributed by atoms with van der Waals surface area (Å²) in [7, 11) is 0. The van der Waals surface area contributed by atoms with Crippen molar-refractivity contribution in [2.24, 2.45) is 11.3 Å². The van der Waals surface area contributed by atoms with Gasteiger partial charge in [-0.2, -0.15) is 0 Å². The van der Waals surface area contributed by atoms with E-state index in [0.717, 1.165) is 5.92 Å². The molecule has 0 radical (unpaired) electrons. The third kappa shape index (κ3) is 0.531. The summed E-state index contributed by atoms with van der Waals surface area (Å²) in [5.41, 5.74) is 1.22. The van der Waals surface area contributed by atoms with Crippen LogP contribution in [0, 0.1) is 11.3 Å². The van der Waals surface area contributed by atoms with Crippen molar-refractivity contribution in [1.29, 1.82) is 0 Å². The first-order valence-electron chi connectivity index (χ1n) is 4.36.